The number of carbonyl (C=O) groups excluding carboxylic acids is 1. The summed E-state index contributed by atoms with van der Waals surface area (Å²) in [5.74, 6) is 0.456. The van der Waals surface area contributed by atoms with Crippen molar-refractivity contribution in [2.24, 2.45) is 0 Å². The van der Waals surface area contributed by atoms with E-state index in [2.05, 4.69) is 5.32 Å². The smallest absolute Gasteiger partial charge is 0.240 e. The van der Waals surface area contributed by atoms with Crippen LogP contribution in [0.5, 0.6) is 5.75 Å². The number of anilines is 1. The number of rotatable bonds is 10. The van der Waals surface area contributed by atoms with Crippen molar-refractivity contribution in [3.05, 3.63) is 59.1 Å². The molecule has 2 aromatic rings. The predicted octanol–water partition coefficient (Wildman–Crippen LogP) is 3.25. The fourth-order valence-electron chi connectivity index (χ4n) is 2.66. The number of aryl methyl sites for hydroxylation is 1. The number of carbonyl (C=O) groups is 1. The average molecular weight is 425 g/mol. The fourth-order valence-corrected chi connectivity index (χ4v) is 3.82. The zero-order valence-corrected chi connectivity index (χ0v) is 17.6. The lowest BCUT2D eigenvalue weighted by Gasteiger charge is -2.22. The molecule has 0 saturated heterocycles. The summed E-state index contributed by atoms with van der Waals surface area (Å²) in [4.78, 5) is 12.2. The van der Waals surface area contributed by atoms with Gasteiger partial charge in [-0.3, -0.25) is 9.10 Å². The van der Waals surface area contributed by atoms with Gasteiger partial charge in [0, 0.05) is 6.54 Å². The summed E-state index contributed by atoms with van der Waals surface area (Å²) in [6.45, 7) is 2.70. The molecule has 0 aliphatic rings. The summed E-state index contributed by atoms with van der Waals surface area (Å²) < 4.78 is 30.6. The van der Waals surface area contributed by atoms with E-state index in [0.717, 1.165) is 34.7 Å². The van der Waals surface area contributed by atoms with Gasteiger partial charge in [0.2, 0.25) is 15.9 Å². The lowest BCUT2D eigenvalue weighted by Crippen LogP contribution is -2.40. The molecule has 0 aromatic heterocycles. The minimum Gasteiger partial charge on any atom is -0.494 e. The number of para-hydroxylation sites is 1. The molecule has 0 fully saturated rings. The first-order valence-corrected chi connectivity index (χ1v) is 11.2. The Morgan fingerprint density at radius 3 is 2.43 bits per heavy atom. The van der Waals surface area contributed by atoms with Crippen molar-refractivity contribution in [3.8, 4) is 5.75 Å². The Kier molecular flexibility index (Phi) is 8.14. The van der Waals surface area contributed by atoms with Crippen LogP contribution in [0, 0.1) is 0 Å². The van der Waals surface area contributed by atoms with Gasteiger partial charge in [0.1, 0.15) is 12.3 Å². The largest absolute Gasteiger partial charge is 0.494 e. The van der Waals surface area contributed by atoms with Crippen molar-refractivity contribution >= 4 is 33.2 Å². The molecule has 0 spiro atoms. The molecule has 2 aromatic carbocycles. The van der Waals surface area contributed by atoms with Crippen LogP contribution in [0.2, 0.25) is 5.02 Å². The second kappa shape index (κ2) is 10.3. The first-order chi connectivity index (χ1) is 13.3. The molecule has 0 radical (unpaired) electrons. The molecular formula is C20H25ClN2O4S. The van der Waals surface area contributed by atoms with E-state index in [1.807, 2.05) is 31.2 Å². The number of benzene rings is 2. The quantitative estimate of drug-likeness (QED) is 0.594. The summed E-state index contributed by atoms with van der Waals surface area (Å²) in [6.07, 6.45) is 2.59. The van der Waals surface area contributed by atoms with Gasteiger partial charge in [-0.05, 0) is 49.6 Å². The number of hydrogen-bond acceptors (Lipinski definition) is 4. The van der Waals surface area contributed by atoms with E-state index in [0.29, 0.717) is 13.2 Å². The molecule has 0 atom stereocenters. The molecule has 28 heavy (non-hydrogen) atoms. The Labute approximate surface area is 171 Å². The molecule has 152 valence electrons. The normalized spacial score (nSPS) is 11.1. The third-order valence-electron chi connectivity index (χ3n) is 4.01. The molecule has 0 saturated carbocycles. The van der Waals surface area contributed by atoms with E-state index < -0.39 is 10.0 Å². The highest BCUT2D eigenvalue weighted by molar-refractivity contribution is 7.92. The maximum Gasteiger partial charge on any atom is 0.240 e. The number of hydrogen-bond donors (Lipinski definition) is 1. The summed E-state index contributed by atoms with van der Waals surface area (Å²) >= 11 is 6.09. The van der Waals surface area contributed by atoms with Gasteiger partial charge >= 0.3 is 0 Å². The van der Waals surface area contributed by atoms with Crippen LogP contribution in [0.15, 0.2) is 48.5 Å². The highest BCUT2D eigenvalue weighted by Crippen LogP contribution is 2.26. The van der Waals surface area contributed by atoms with Crippen LogP contribution in [0.25, 0.3) is 0 Å². The number of halogens is 1. The van der Waals surface area contributed by atoms with Crippen molar-refractivity contribution in [2.45, 2.75) is 19.8 Å². The molecule has 1 N–H and O–H groups in total. The molecule has 1 amide bonds. The second-order valence-electron chi connectivity index (χ2n) is 6.25. The van der Waals surface area contributed by atoms with Gasteiger partial charge in [0.05, 0.1) is 23.6 Å². The predicted molar refractivity (Wildman–Crippen MR) is 113 cm³/mol. The first-order valence-electron chi connectivity index (χ1n) is 9.02. The Morgan fingerprint density at radius 2 is 1.82 bits per heavy atom. The third kappa shape index (κ3) is 6.73. The van der Waals surface area contributed by atoms with Gasteiger partial charge in [-0.15, -0.1) is 0 Å². The van der Waals surface area contributed by atoms with E-state index >= 15 is 0 Å². The molecule has 0 unspecified atom stereocenters. The van der Waals surface area contributed by atoms with Crippen LogP contribution >= 0.6 is 11.6 Å². The highest BCUT2D eigenvalue weighted by Gasteiger charge is 2.22. The first kappa shape index (κ1) is 22.0. The lowest BCUT2D eigenvalue weighted by atomic mass is 10.1. The van der Waals surface area contributed by atoms with Crippen LogP contribution in [-0.4, -0.2) is 40.3 Å². The third-order valence-corrected chi connectivity index (χ3v) is 5.45. The lowest BCUT2D eigenvalue weighted by molar-refractivity contribution is -0.119. The second-order valence-corrected chi connectivity index (χ2v) is 8.57. The molecule has 6 nitrogen and oxygen atoms in total. The van der Waals surface area contributed by atoms with Crippen LogP contribution in [0.4, 0.5) is 5.69 Å². The van der Waals surface area contributed by atoms with E-state index in [-0.39, 0.29) is 23.2 Å². The Hall–Kier alpha value is -2.25. The number of sulfonamides is 1. The maximum absolute atomic E-state index is 12.2. The monoisotopic (exact) mass is 424 g/mol. The number of amides is 1. The van der Waals surface area contributed by atoms with Crippen molar-refractivity contribution in [1.82, 2.24) is 5.32 Å². The standard InChI is InChI=1S/C20H25ClN2O4S/c1-3-27-17-12-10-16(11-13-17)7-6-14-22-20(24)15-23(28(2,25)26)19-9-5-4-8-18(19)21/h4-5,8-13H,3,6-7,14-15H2,1-2H3,(H,22,24). The zero-order valence-electron chi connectivity index (χ0n) is 16.0. The van der Waals surface area contributed by atoms with Crippen molar-refractivity contribution in [1.29, 1.82) is 0 Å². The molecule has 0 bridgehead atoms. The van der Waals surface area contributed by atoms with E-state index in [1.54, 1.807) is 24.3 Å². The summed E-state index contributed by atoms with van der Waals surface area (Å²) in [7, 11) is -3.64. The van der Waals surface area contributed by atoms with Gasteiger partial charge < -0.3 is 10.1 Å². The molecule has 0 heterocycles. The van der Waals surface area contributed by atoms with Crippen molar-refractivity contribution < 1.29 is 17.9 Å². The topological polar surface area (TPSA) is 75.7 Å². The molecule has 2 rings (SSSR count). The Morgan fingerprint density at radius 1 is 1.14 bits per heavy atom. The van der Waals surface area contributed by atoms with Gasteiger partial charge in [-0.25, -0.2) is 8.42 Å². The van der Waals surface area contributed by atoms with Gasteiger partial charge in [-0.1, -0.05) is 35.9 Å². The SMILES string of the molecule is CCOc1ccc(CCCNC(=O)CN(c2ccccc2Cl)S(C)(=O)=O)cc1. The van der Waals surface area contributed by atoms with E-state index in [1.165, 1.54) is 0 Å². The van der Waals surface area contributed by atoms with E-state index in [4.69, 9.17) is 16.3 Å². The van der Waals surface area contributed by atoms with E-state index in [9.17, 15) is 13.2 Å². The zero-order chi connectivity index (χ0) is 20.6. The average Bonchev–Trinajstić information content (AvgIpc) is 2.65. The van der Waals surface area contributed by atoms with Gasteiger partial charge in [-0.2, -0.15) is 0 Å². The van der Waals surface area contributed by atoms with Crippen LogP contribution < -0.4 is 14.4 Å². The summed E-state index contributed by atoms with van der Waals surface area (Å²) in [5, 5.41) is 3.04. The minimum atomic E-state index is -3.64. The van der Waals surface area contributed by atoms with Crippen LogP contribution in [-0.2, 0) is 21.2 Å². The Bertz CT molecular complexity index is 885. The van der Waals surface area contributed by atoms with Crippen LogP contribution in [0.1, 0.15) is 18.9 Å². The number of nitrogens with zero attached hydrogens (tertiary/aromatic N) is 1. The van der Waals surface area contributed by atoms with Crippen LogP contribution in [0.3, 0.4) is 0 Å². The molecule has 0 aliphatic heterocycles. The van der Waals surface area contributed by atoms with Crippen molar-refractivity contribution in [3.63, 3.8) is 0 Å². The molecular weight excluding hydrogens is 400 g/mol. The summed E-state index contributed by atoms with van der Waals surface area (Å²) in [5.41, 5.74) is 1.43. The fraction of sp³-hybridized carbons (Fsp3) is 0.350. The highest BCUT2D eigenvalue weighted by atomic mass is 35.5. The molecule has 8 heteroatoms. The number of ether oxygens (including phenoxy) is 1. The van der Waals surface area contributed by atoms with Gasteiger partial charge in [0.15, 0.2) is 0 Å². The number of nitrogens with one attached hydrogen (secondary N) is 1. The van der Waals surface area contributed by atoms with Gasteiger partial charge in [0.25, 0.3) is 0 Å². The Balaban J connectivity index is 1.85. The van der Waals surface area contributed by atoms with Crippen molar-refractivity contribution in [2.75, 3.05) is 30.3 Å². The summed E-state index contributed by atoms with van der Waals surface area (Å²) in [6, 6.07) is 14.4. The molecule has 0 aliphatic carbocycles. The maximum atomic E-state index is 12.2. The minimum absolute atomic E-state index is 0.274.